The molecule has 4 rings (SSSR count). The number of hydrogen-bond acceptors (Lipinski definition) is 10. The summed E-state index contributed by atoms with van der Waals surface area (Å²) in [6.45, 7) is 1.40. The zero-order valence-electron chi connectivity index (χ0n) is 19.9. The number of aliphatic hydroxyl groups is 4. The van der Waals surface area contributed by atoms with Crippen LogP contribution in [0, 0.1) is 11.8 Å². The predicted octanol–water partition coefficient (Wildman–Crippen LogP) is -1.30. The van der Waals surface area contributed by atoms with E-state index < -0.39 is 82.8 Å². The summed E-state index contributed by atoms with van der Waals surface area (Å²) < 4.78 is 8.88. The lowest BCUT2D eigenvalue weighted by Crippen LogP contribution is -2.67. The first-order chi connectivity index (χ1) is 16.8. The van der Waals surface area contributed by atoms with Crippen molar-refractivity contribution in [3.8, 4) is 5.75 Å². The van der Waals surface area contributed by atoms with E-state index in [9.17, 15) is 39.9 Å². The molecular formula is C22H27N2O12P. The van der Waals surface area contributed by atoms with Crippen molar-refractivity contribution < 1.29 is 59.2 Å². The van der Waals surface area contributed by atoms with E-state index in [0.717, 1.165) is 0 Å². The van der Waals surface area contributed by atoms with Gasteiger partial charge in [-0.1, -0.05) is 12.1 Å². The monoisotopic (exact) mass is 542 g/mol. The zero-order chi connectivity index (χ0) is 28.4. The summed E-state index contributed by atoms with van der Waals surface area (Å²) in [6, 6.07) is 3.02. The first-order valence-electron chi connectivity index (χ1n) is 10.8. The number of carbonyl (C=O) groups excluding carboxylic acids is 3. The number of aliphatic hydroxyl groups excluding tert-OH is 2. The van der Waals surface area contributed by atoms with Crippen LogP contribution in [0.4, 0.5) is 0 Å². The molecule has 5 atom stereocenters. The molecule has 3 aliphatic rings. The van der Waals surface area contributed by atoms with Crippen LogP contribution in [-0.4, -0.2) is 88.3 Å². The fraction of sp³-hybridized carbons (Fsp3) is 0.409. The second-order valence-corrected chi connectivity index (χ2v) is 10.5. The molecule has 1 amide bonds. The highest BCUT2D eigenvalue weighted by Gasteiger charge is 2.66. The number of ketones is 2. The molecule has 1 aromatic carbocycles. The lowest BCUT2D eigenvalue weighted by atomic mass is 9.54. The summed E-state index contributed by atoms with van der Waals surface area (Å²) >= 11 is 0. The van der Waals surface area contributed by atoms with Gasteiger partial charge in [0, 0.05) is 17.4 Å². The average molecular weight is 542 g/mol. The van der Waals surface area contributed by atoms with Gasteiger partial charge in [0.15, 0.2) is 11.4 Å². The van der Waals surface area contributed by atoms with Crippen molar-refractivity contribution >= 4 is 31.1 Å². The average Bonchev–Trinajstić information content (AvgIpc) is 2.73. The molecule has 15 heteroatoms. The van der Waals surface area contributed by atoms with E-state index in [1.54, 1.807) is 0 Å². The molecule has 3 aliphatic carbocycles. The zero-order valence-corrected chi connectivity index (χ0v) is 20.7. The molecule has 1 fully saturated rings. The summed E-state index contributed by atoms with van der Waals surface area (Å²) in [5.74, 6) is -7.90. The molecule has 1 saturated carbocycles. The highest BCUT2D eigenvalue weighted by atomic mass is 31.2. The molecule has 37 heavy (non-hydrogen) atoms. The molecule has 202 valence electrons. The molecule has 14 nitrogen and oxygen atoms in total. The number of amides is 1. The summed E-state index contributed by atoms with van der Waals surface area (Å²) in [7, 11) is -1.63. The number of phenolic OH excluding ortho intramolecular Hbond substituents is 1. The highest BCUT2D eigenvalue weighted by Crippen LogP contribution is 2.57. The summed E-state index contributed by atoms with van der Waals surface area (Å²) in [5, 5.41) is 54.9. The van der Waals surface area contributed by atoms with Gasteiger partial charge >= 0.3 is 7.82 Å². The Balaban J connectivity index is 0.000000695. The van der Waals surface area contributed by atoms with Crippen LogP contribution < -0.4 is 5.73 Å². The number of nitrogens with zero attached hydrogens (tertiary/aromatic N) is 1. The van der Waals surface area contributed by atoms with Crippen LogP contribution in [0.2, 0.25) is 0 Å². The van der Waals surface area contributed by atoms with Crippen molar-refractivity contribution in [2.45, 2.75) is 30.6 Å². The van der Waals surface area contributed by atoms with Gasteiger partial charge in [-0.2, -0.15) is 0 Å². The number of Topliss-reactive ketones (excluding diaryl/α,β-unsaturated/α-hetero) is 2. The Hall–Kier alpha value is -3.10. The molecular weight excluding hydrogens is 515 g/mol. The van der Waals surface area contributed by atoms with E-state index in [0.29, 0.717) is 0 Å². The number of phenols is 1. The number of benzene rings is 1. The Kier molecular flexibility index (Phi) is 6.95. The minimum absolute atomic E-state index is 0.170. The van der Waals surface area contributed by atoms with Gasteiger partial charge in [-0.05, 0) is 39.1 Å². The van der Waals surface area contributed by atoms with Crippen molar-refractivity contribution in [3.63, 3.8) is 0 Å². The number of rotatable bonds is 2. The van der Waals surface area contributed by atoms with E-state index in [1.165, 1.54) is 44.1 Å². The third kappa shape index (κ3) is 4.36. The number of carbonyl (C=O) groups is 3. The van der Waals surface area contributed by atoms with Crippen LogP contribution >= 0.6 is 7.82 Å². The standard InChI is InChI=1S/C22H24N2O8.H3O4P/c1-21(31)8-5-4-6-11(25)12(8)16(26)13-9(21)7-10-15(24(2)3)17(27)14(20(23)30)19(29)22(10,32)18(13)28;1-5(2,3)4/h4-6,9-10,15,25-26,29,31-32H,7H2,1-3H3,(H2,23,30);(H3,1,2,3,4)/t9-,10-,15-,21-,22-;/m0./s1. The van der Waals surface area contributed by atoms with Crippen LogP contribution in [0.15, 0.2) is 35.1 Å². The normalized spacial score (nSPS) is 31.3. The number of fused-ring (bicyclic) bond motifs is 3. The lowest BCUT2D eigenvalue weighted by Gasteiger charge is -2.53. The van der Waals surface area contributed by atoms with Gasteiger partial charge in [-0.25, -0.2) is 4.57 Å². The van der Waals surface area contributed by atoms with E-state index >= 15 is 0 Å². The smallest absolute Gasteiger partial charge is 0.466 e. The molecule has 0 bridgehead atoms. The topological polar surface area (TPSA) is 259 Å². The van der Waals surface area contributed by atoms with Gasteiger partial charge in [-0.3, -0.25) is 19.3 Å². The van der Waals surface area contributed by atoms with Gasteiger partial charge in [0.25, 0.3) is 5.91 Å². The molecule has 0 saturated heterocycles. The Morgan fingerprint density at radius 3 is 2.14 bits per heavy atom. The molecule has 0 spiro atoms. The Morgan fingerprint density at radius 1 is 1.11 bits per heavy atom. The van der Waals surface area contributed by atoms with E-state index in [2.05, 4.69) is 0 Å². The fourth-order valence-electron chi connectivity index (χ4n) is 5.50. The van der Waals surface area contributed by atoms with E-state index in [4.69, 9.17) is 25.0 Å². The molecule has 0 aromatic heterocycles. The van der Waals surface area contributed by atoms with Gasteiger partial charge in [0.05, 0.1) is 17.2 Å². The molecule has 1 aromatic rings. The van der Waals surface area contributed by atoms with Crippen LogP contribution in [0.3, 0.4) is 0 Å². The Bertz CT molecular complexity index is 1300. The summed E-state index contributed by atoms with van der Waals surface area (Å²) in [6.07, 6.45) is -0.200. The summed E-state index contributed by atoms with van der Waals surface area (Å²) in [4.78, 5) is 61.6. The van der Waals surface area contributed by atoms with Crippen LogP contribution in [0.1, 0.15) is 24.5 Å². The van der Waals surface area contributed by atoms with Gasteiger partial charge in [-0.15, -0.1) is 0 Å². The number of likely N-dealkylation sites (N-methyl/N-ethyl adjacent to an activating group) is 1. The first kappa shape index (κ1) is 28.5. The summed E-state index contributed by atoms with van der Waals surface area (Å²) in [5.41, 5.74) is -0.548. The van der Waals surface area contributed by atoms with Crippen LogP contribution in [-0.2, 0) is 24.5 Å². The van der Waals surface area contributed by atoms with Gasteiger partial charge in [0.2, 0.25) is 5.78 Å². The van der Waals surface area contributed by atoms with Crippen LogP contribution in [0.25, 0.3) is 5.76 Å². The van der Waals surface area contributed by atoms with Crippen LogP contribution in [0.5, 0.6) is 5.75 Å². The van der Waals surface area contributed by atoms with Crippen molar-refractivity contribution in [2.75, 3.05) is 14.1 Å². The molecule has 0 heterocycles. The lowest BCUT2D eigenvalue weighted by molar-refractivity contribution is -0.159. The largest absolute Gasteiger partial charge is 0.508 e. The first-order valence-corrected chi connectivity index (χ1v) is 12.3. The Labute approximate surface area is 209 Å². The highest BCUT2D eigenvalue weighted by molar-refractivity contribution is 7.45. The number of phosphoric acid groups is 1. The second kappa shape index (κ2) is 9.03. The maximum absolute atomic E-state index is 13.7. The van der Waals surface area contributed by atoms with Crippen molar-refractivity contribution in [1.29, 1.82) is 0 Å². The minimum Gasteiger partial charge on any atom is -0.508 e. The SMILES string of the molecule is CN(C)[C@@H]1C(=O)C(C(N)=O)=C(O)[C@@]2(O)C(=O)C3=C(O)c4c(O)cccc4[C@](C)(O)[C@H]3C[C@@H]12.O=P(O)(O)O. The third-order valence-electron chi connectivity index (χ3n) is 7.02. The van der Waals surface area contributed by atoms with Gasteiger partial charge < -0.3 is 45.9 Å². The fourth-order valence-corrected chi connectivity index (χ4v) is 5.50. The molecule has 0 radical (unpaired) electrons. The van der Waals surface area contributed by atoms with Crippen molar-refractivity contribution in [1.82, 2.24) is 4.90 Å². The van der Waals surface area contributed by atoms with Crippen molar-refractivity contribution in [3.05, 3.63) is 46.2 Å². The van der Waals surface area contributed by atoms with Gasteiger partial charge in [0.1, 0.15) is 22.8 Å². The molecule has 0 unspecified atom stereocenters. The van der Waals surface area contributed by atoms with E-state index in [-0.39, 0.29) is 17.5 Å². The van der Waals surface area contributed by atoms with Crippen molar-refractivity contribution in [2.24, 2.45) is 17.6 Å². The maximum Gasteiger partial charge on any atom is 0.466 e. The number of hydrogen-bond donors (Lipinski definition) is 9. The maximum atomic E-state index is 13.7. The van der Waals surface area contributed by atoms with E-state index in [1.807, 2.05) is 0 Å². The number of aromatic hydroxyl groups is 1. The predicted molar refractivity (Wildman–Crippen MR) is 124 cm³/mol. The quantitative estimate of drug-likeness (QED) is 0.156. The number of nitrogens with two attached hydrogens (primary N) is 1. The number of primary amides is 1. The molecule has 10 N–H and O–H groups in total. The Morgan fingerprint density at radius 2 is 1.65 bits per heavy atom. The second-order valence-electron chi connectivity index (χ2n) is 9.47. The molecule has 0 aliphatic heterocycles. The third-order valence-corrected chi connectivity index (χ3v) is 7.02. The minimum atomic E-state index is -4.64.